The third kappa shape index (κ3) is 4.42. The van der Waals surface area contributed by atoms with E-state index in [2.05, 4.69) is 23.6 Å². The summed E-state index contributed by atoms with van der Waals surface area (Å²) in [7, 11) is 0. The molecule has 0 N–H and O–H groups in total. The monoisotopic (exact) mass is 480 g/mol. The van der Waals surface area contributed by atoms with E-state index in [1.807, 2.05) is 41.8 Å². The van der Waals surface area contributed by atoms with Crippen molar-refractivity contribution < 1.29 is 31.1 Å². The molecule has 4 rings (SSSR count). The molecule has 0 fully saturated rings. The standard InChI is InChI=1S/C26H29N2O2.BrH/c1-3-4-5-6-12-17-27-19(2)28(18-20-13-8-7-9-14-20)24-23(27)25(29)21-15-10-11-16-22(21)26(24)30;/h7-11,13-16H,3-6,12,17-18H2,1-2H3;1H/q+1;/p-1. The van der Waals surface area contributed by atoms with Gasteiger partial charge in [0.1, 0.15) is 6.54 Å². The number of carbonyl (C=O) groups is 2. The second kappa shape index (κ2) is 10.2. The maximum absolute atomic E-state index is 13.5. The fraction of sp³-hybridized carbons (Fsp3) is 0.346. The van der Waals surface area contributed by atoms with Gasteiger partial charge in [-0.15, -0.1) is 0 Å². The molecule has 1 aliphatic rings. The maximum Gasteiger partial charge on any atom is 0.254 e. The molecule has 1 aromatic heterocycles. The van der Waals surface area contributed by atoms with Crippen molar-refractivity contribution in [3.05, 3.63) is 88.5 Å². The molecule has 0 atom stereocenters. The first-order valence-corrected chi connectivity index (χ1v) is 11.0. The van der Waals surface area contributed by atoms with Crippen LogP contribution in [0.2, 0.25) is 0 Å². The number of fused-ring (bicyclic) bond motifs is 2. The van der Waals surface area contributed by atoms with E-state index in [-0.39, 0.29) is 28.5 Å². The lowest BCUT2D eigenvalue weighted by Gasteiger charge is -2.13. The number of unbranched alkanes of at least 4 members (excludes halogenated alkanes) is 4. The van der Waals surface area contributed by atoms with Crippen LogP contribution in [-0.2, 0) is 13.1 Å². The zero-order valence-electron chi connectivity index (χ0n) is 18.2. The Kier molecular flexibility index (Phi) is 7.60. The molecule has 0 saturated carbocycles. The fourth-order valence-corrected chi connectivity index (χ4v) is 4.43. The summed E-state index contributed by atoms with van der Waals surface area (Å²) in [5, 5.41) is 0. The minimum absolute atomic E-state index is 0. The number of hydrogen-bond acceptors (Lipinski definition) is 2. The van der Waals surface area contributed by atoms with Gasteiger partial charge in [-0.1, -0.05) is 80.8 Å². The highest BCUT2D eigenvalue weighted by molar-refractivity contribution is 6.26. The summed E-state index contributed by atoms with van der Waals surface area (Å²) in [6, 6.07) is 17.3. The van der Waals surface area contributed by atoms with Gasteiger partial charge in [-0.3, -0.25) is 9.59 Å². The Morgan fingerprint density at radius 3 is 2.10 bits per heavy atom. The highest BCUT2D eigenvalue weighted by atomic mass is 79.9. The van der Waals surface area contributed by atoms with Crippen LogP contribution in [-0.4, -0.2) is 16.1 Å². The van der Waals surface area contributed by atoms with Gasteiger partial charge in [-0.25, -0.2) is 9.13 Å². The van der Waals surface area contributed by atoms with E-state index in [4.69, 9.17) is 0 Å². The minimum atomic E-state index is -0.0519. The molecule has 4 nitrogen and oxygen atoms in total. The molecule has 31 heavy (non-hydrogen) atoms. The molecule has 0 spiro atoms. The Balaban J connectivity index is 0.00000272. The van der Waals surface area contributed by atoms with Crippen LogP contribution in [0.4, 0.5) is 0 Å². The van der Waals surface area contributed by atoms with Crippen LogP contribution >= 0.6 is 0 Å². The SMILES string of the molecule is CCCCCCCn1c2c([n+](Cc3ccccc3)c1C)C(=O)c1ccccc1C2=O.[Br-]. The van der Waals surface area contributed by atoms with E-state index in [9.17, 15) is 9.59 Å². The van der Waals surface area contributed by atoms with Crippen molar-refractivity contribution in [3.8, 4) is 0 Å². The average molecular weight is 481 g/mol. The van der Waals surface area contributed by atoms with E-state index in [0.29, 0.717) is 29.1 Å². The number of halogens is 1. The summed E-state index contributed by atoms with van der Waals surface area (Å²) in [4.78, 5) is 26.9. The molecule has 2 aromatic carbocycles. The summed E-state index contributed by atoms with van der Waals surface area (Å²) >= 11 is 0. The van der Waals surface area contributed by atoms with Crippen LogP contribution in [0, 0.1) is 6.92 Å². The molecule has 3 aromatic rings. The molecule has 0 radical (unpaired) electrons. The Labute approximate surface area is 194 Å². The number of nitrogens with zero attached hydrogens (tertiary/aromatic N) is 2. The third-order valence-electron chi connectivity index (χ3n) is 6.06. The Hall–Kier alpha value is -2.53. The van der Waals surface area contributed by atoms with Crippen molar-refractivity contribution in [2.75, 3.05) is 0 Å². The van der Waals surface area contributed by atoms with Crippen molar-refractivity contribution >= 4 is 11.6 Å². The second-order valence-electron chi connectivity index (χ2n) is 8.09. The molecule has 0 saturated heterocycles. The molecule has 0 unspecified atom stereocenters. The van der Waals surface area contributed by atoms with Crippen LogP contribution in [0.15, 0.2) is 54.6 Å². The quantitative estimate of drug-likeness (QED) is 0.285. The van der Waals surface area contributed by atoms with Crippen molar-refractivity contribution in [2.45, 2.75) is 59.0 Å². The van der Waals surface area contributed by atoms with Crippen LogP contribution in [0.5, 0.6) is 0 Å². The van der Waals surface area contributed by atoms with Crippen molar-refractivity contribution in [2.24, 2.45) is 0 Å². The molecule has 5 heteroatoms. The molecule has 162 valence electrons. The number of carbonyl (C=O) groups excluding carboxylic acids is 2. The van der Waals surface area contributed by atoms with Gasteiger partial charge in [0, 0.05) is 18.1 Å². The fourth-order valence-electron chi connectivity index (χ4n) is 4.43. The van der Waals surface area contributed by atoms with Gasteiger partial charge in [0.2, 0.25) is 23.0 Å². The predicted molar refractivity (Wildman–Crippen MR) is 117 cm³/mol. The normalized spacial score (nSPS) is 12.3. The molecule has 0 aliphatic heterocycles. The van der Waals surface area contributed by atoms with Gasteiger partial charge >= 0.3 is 0 Å². The van der Waals surface area contributed by atoms with E-state index in [1.165, 1.54) is 19.3 Å². The van der Waals surface area contributed by atoms with E-state index in [1.54, 1.807) is 12.1 Å². The highest BCUT2D eigenvalue weighted by Gasteiger charge is 2.42. The number of rotatable bonds is 8. The highest BCUT2D eigenvalue weighted by Crippen LogP contribution is 2.27. The molecule has 0 amide bonds. The first-order valence-electron chi connectivity index (χ1n) is 11.0. The van der Waals surface area contributed by atoms with Crippen molar-refractivity contribution in [3.63, 3.8) is 0 Å². The third-order valence-corrected chi connectivity index (χ3v) is 6.06. The summed E-state index contributed by atoms with van der Waals surface area (Å²) < 4.78 is 4.12. The molecule has 0 bridgehead atoms. The second-order valence-corrected chi connectivity index (χ2v) is 8.09. The smallest absolute Gasteiger partial charge is 0.254 e. The largest absolute Gasteiger partial charge is 1.00 e. The zero-order chi connectivity index (χ0) is 21.1. The zero-order valence-corrected chi connectivity index (χ0v) is 19.8. The van der Waals surface area contributed by atoms with Gasteiger partial charge < -0.3 is 17.0 Å². The topological polar surface area (TPSA) is 43.0 Å². The average Bonchev–Trinajstić information content (AvgIpc) is 3.05. The Morgan fingerprint density at radius 1 is 0.806 bits per heavy atom. The lowest BCUT2D eigenvalue weighted by molar-refractivity contribution is -0.695. The van der Waals surface area contributed by atoms with Gasteiger partial charge in [-0.2, -0.15) is 0 Å². The van der Waals surface area contributed by atoms with Crippen molar-refractivity contribution in [1.82, 2.24) is 4.57 Å². The molecular weight excluding hydrogens is 452 g/mol. The van der Waals surface area contributed by atoms with Gasteiger partial charge in [-0.05, 0) is 18.4 Å². The predicted octanol–water partition coefficient (Wildman–Crippen LogP) is 1.88. The van der Waals surface area contributed by atoms with Crippen molar-refractivity contribution in [1.29, 1.82) is 0 Å². The first kappa shape index (κ1) is 23.1. The van der Waals surface area contributed by atoms with Crippen LogP contribution < -0.4 is 21.5 Å². The van der Waals surface area contributed by atoms with Crippen LogP contribution in [0.25, 0.3) is 0 Å². The lowest BCUT2D eigenvalue weighted by Crippen LogP contribution is -3.00. The van der Waals surface area contributed by atoms with Gasteiger partial charge in [0.05, 0.1) is 6.54 Å². The molecular formula is C26H29BrN2O2. The Morgan fingerprint density at radius 2 is 1.42 bits per heavy atom. The van der Waals surface area contributed by atoms with E-state index >= 15 is 0 Å². The number of hydrogen-bond donors (Lipinski definition) is 0. The maximum atomic E-state index is 13.5. The number of aromatic nitrogens is 2. The van der Waals surface area contributed by atoms with Gasteiger partial charge in [0.25, 0.3) is 5.82 Å². The Bertz CT molecular complexity index is 1090. The summed E-state index contributed by atoms with van der Waals surface area (Å²) in [5.41, 5.74) is 3.24. The lowest BCUT2D eigenvalue weighted by atomic mass is 9.90. The van der Waals surface area contributed by atoms with E-state index in [0.717, 1.165) is 30.8 Å². The summed E-state index contributed by atoms with van der Waals surface area (Å²) in [6.07, 6.45) is 5.80. The number of imidazole rings is 1. The summed E-state index contributed by atoms with van der Waals surface area (Å²) in [6.45, 7) is 5.58. The minimum Gasteiger partial charge on any atom is -1.00 e. The first-order chi connectivity index (χ1) is 14.6. The van der Waals surface area contributed by atoms with Crippen LogP contribution in [0.3, 0.4) is 0 Å². The number of benzene rings is 2. The van der Waals surface area contributed by atoms with E-state index < -0.39 is 0 Å². The van der Waals surface area contributed by atoms with Gasteiger partial charge in [0.15, 0.2) is 0 Å². The molecule has 1 aliphatic carbocycles. The molecule has 1 heterocycles. The number of ketones is 2. The van der Waals surface area contributed by atoms with Crippen LogP contribution in [0.1, 0.15) is 82.5 Å². The summed E-state index contributed by atoms with van der Waals surface area (Å²) in [5.74, 6) is 0.876.